The highest BCUT2D eigenvalue weighted by Crippen LogP contribution is 2.33. The van der Waals surface area contributed by atoms with Gasteiger partial charge in [0.2, 0.25) is 0 Å². The number of halogens is 1. The van der Waals surface area contributed by atoms with Crippen LogP contribution < -0.4 is 0 Å². The maximum atomic E-state index is 14.9. The summed E-state index contributed by atoms with van der Waals surface area (Å²) in [7, 11) is 2.11. The first-order valence-electron chi connectivity index (χ1n) is 11.2. The highest BCUT2D eigenvalue weighted by atomic mass is 19.1. The Kier molecular flexibility index (Phi) is 5.17. The van der Waals surface area contributed by atoms with Crippen LogP contribution in [0.1, 0.15) is 18.0 Å². The monoisotopic (exact) mass is 448 g/mol. The number of benzene rings is 1. The van der Waals surface area contributed by atoms with Gasteiger partial charge in [-0.15, -0.1) is 0 Å². The summed E-state index contributed by atoms with van der Waals surface area (Å²) in [6.45, 7) is 2.98. The molecule has 1 saturated heterocycles. The summed E-state index contributed by atoms with van der Waals surface area (Å²) in [5.74, 6) is -0.331. The van der Waals surface area contributed by atoms with Crippen molar-refractivity contribution >= 4 is 10.9 Å². The molecule has 2 aliphatic rings. The first-order valence-corrected chi connectivity index (χ1v) is 11.2. The van der Waals surface area contributed by atoms with Crippen molar-refractivity contribution in [3.63, 3.8) is 0 Å². The Morgan fingerprint density at radius 3 is 3.06 bits per heavy atom. The minimum Gasteiger partial charge on any atom is -0.374 e. The largest absolute Gasteiger partial charge is 0.374 e. The number of fused-ring (bicyclic) bond motifs is 8. The van der Waals surface area contributed by atoms with Crippen LogP contribution in [-0.2, 0) is 16.1 Å². The zero-order chi connectivity index (χ0) is 22.4. The molecule has 0 saturated carbocycles. The van der Waals surface area contributed by atoms with Crippen LogP contribution in [0.4, 0.5) is 4.39 Å². The van der Waals surface area contributed by atoms with E-state index in [1.165, 1.54) is 6.07 Å². The fraction of sp³-hybridized carbons (Fsp3) is 0.375. The van der Waals surface area contributed by atoms with E-state index in [0.717, 1.165) is 47.4 Å². The molecule has 4 bridgehead atoms. The molecule has 3 aromatic heterocycles. The lowest BCUT2D eigenvalue weighted by molar-refractivity contribution is -0.0526. The second-order valence-electron chi connectivity index (χ2n) is 8.72. The van der Waals surface area contributed by atoms with Gasteiger partial charge in [-0.2, -0.15) is 10.2 Å². The third kappa shape index (κ3) is 3.72. The van der Waals surface area contributed by atoms with Crippen molar-refractivity contribution in [3.05, 3.63) is 54.1 Å². The zero-order valence-electron chi connectivity index (χ0n) is 18.4. The molecule has 1 fully saturated rings. The van der Waals surface area contributed by atoms with E-state index in [9.17, 15) is 4.39 Å². The molecule has 2 atom stereocenters. The number of nitrogens with zero attached hydrogens (tertiary/aromatic N) is 5. The van der Waals surface area contributed by atoms with Gasteiger partial charge in [0.25, 0.3) is 0 Å². The smallest absolute Gasteiger partial charge is 0.132 e. The number of ether oxygens (including phenoxy) is 2. The van der Waals surface area contributed by atoms with Crippen LogP contribution in [0.15, 0.2) is 42.7 Å². The molecule has 0 radical (unpaired) electrons. The second-order valence-corrected chi connectivity index (χ2v) is 8.72. The summed E-state index contributed by atoms with van der Waals surface area (Å²) < 4.78 is 29.1. The number of aromatic amines is 1. The number of nitrogens with one attached hydrogen (secondary N) is 1. The molecular formula is C24H25FN6O2. The minimum atomic E-state index is -0.331. The first kappa shape index (κ1) is 20.5. The van der Waals surface area contributed by atoms with E-state index in [0.29, 0.717) is 24.5 Å². The van der Waals surface area contributed by atoms with Crippen LogP contribution in [0.5, 0.6) is 0 Å². The number of hydrogen-bond acceptors (Lipinski definition) is 6. The molecule has 2 unspecified atom stereocenters. The highest BCUT2D eigenvalue weighted by molar-refractivity contribution is 5.93. The van der Waals surface area contributed by atoms with Crippen molar-refractivity contribution in [2.45, 2.75) is 25.2 Å². The molecule has 0 amide bonds. The number of likely N-dealkylation sites (tertiary alicyclic amines) is 1. The van der Waals surface area contributed by atoms with E-state index in [4.69, 9.17) is 14.6 Å². The molecule has 6 rings (SSSR count). The summed E-state index contributed by atoms with van der Waals surface area (Å²) in [5, 5.41) is 13.3. The number of H-pyrrole nitrogens is 1. The quantitative estimate of drug-likeness (QED) is 0.444. The van der Waals surface area contributed by atoms with Crippen molar-refractivity contribution < 1.29 is 13.9 Å². The standard InChI is InChI=1S/C24H25FN6O2/c1-30-7-6-21-22(13-30)33-10-9-32-14-15-3-2-4-17(25)23(15)19-11-16-20(12-26-19)27-28-24(16)18-5-8-31(21)29-18/h2-5,8,11-12,21-22H,6-7,9-10,13-14H2,1H3,(H,27,28). The zero-order valence-corrected chi connectivity index (χ0v) is 18.4. The van der Waals surface area contributed by atoms with E-state index in [2.05, 4.69) is 27.1 Å². The molecular weight excluding hydrogens is 423 g/mol. The molecule has 8 nitrogen and oxygen atoms in total. The first-order chi connectivity index (χ1) is 16.2. The Morgan fingerprint density at radius 1 is 1.18 bits per heavy atom. The van der Waals surface area contributed by atoms with Gasteiger partial charge in [-0.3, -0.25) is 14.8 Å². The van der Waals surface area contributed by atoms with Crippen LogP contribution in [0, 0.1) is 5.82 Å². The normalized spacial score (nSPS) is 21.8. The van der Waals surface area contributed by atoms with Gasteiger partial charge in [-0.1, -0.05) is 12.1 Å². The van der Waals surface area contributed by atoms with Gasteiger partial charge >= 0.3 is 0 Å². The van der Waals surface area contributed by atoms with Crippen LogP contribution in [0.2, 0.25) is 0 Å². The van der Waals surface area contributed by atoms with Gasteiger partial charge in [0.1, 0.15) is 17.2 Å². The van der Waals surface area contributed by atoms with Gasteiger partial charge in [0, 0.05) is 30.2 Å². The number of pyridine rings is 1. The van der Waals surface area contributed by atoms with E-state index in [1.54, 1.807) is 12.3 Å². The summed E-state index contributed by atoms with van der Waals surface area (Å²) >= 11 is 0. The molecule has 9 heteroatoms. The molecule has 170 valence electrons. The van der Waals surface area contributed by atoms with Crippen LogP contribution in [0.25, 0.3) is 33.5 Å². The Labute approximate surface area is 190 Å². The lowest BCUT2D eigenvalue weighted by Gasteiger charge is -2.36. The molecule has 2 aliphatic heterocycles. The number of rotatable bonds is 0. The molecule has 4 aromatic rings. The van der Waals surface area contributed by atoms with Crippen LogP contribution >= 0.6 is 0 Å². The van der Waals surface area contributed by atoms with Crippen molar-refractivity contribution in [2.75, 3.05) is 33.4 Å². The highest BCUT2D eigenvalue weighted by Gasteiger charge is 2.31. The van der Waals surface area contributed by atoms with E-state index >= 15 is 0 Å². The molecule has 1 N–H and O–H groups in total. The summed E-state index contributed by atoms with van der Waals surface area (Å²) in [6.07, 6.45) is 4.64. The number of hydrogen-bond donors (Lipinski definition) is 1. The third-order valence-electron chi connectivity index (χ3n) is 6.54. The summed E-state index contributed by atoms with van der Waals surface area (Å²) in [5.41, 5.74) is 4.00. The van der Waals surface area contributed by atoms with Gasteiger partial charge < -0.3 is 14.4 Å². The maximum Gasteiger partial charge on any atom is 0.132 e. The van der Waals surface area contributed by atoms with Gasteiger partial charge in [0.15, 0.2) is 0 Å². The Bertz CT molecular complexity index is 1300. The van der Waals surface area contributed by atoms with E-state index < -0.39 is 0 Å². The SMILES string of the molecule is CN1CCC2C(C1)OCCOCc1cccc(F)c1-c1cc3c(n[nH]c3cn1)-c1ccn2n1. The third-order valence-corrected chi connectivity index (χ3v) is 6.54. The van der Waals surface area contributed by atoms with Gasteiger partial charge in [-0.05, 0) is 37.2 Å². The number of likely N-dealkylation sites (N-methyl/N-ethyl adjacent to an activating group) is 1. The fourth-order valence-electron chi connectivity index (χ4n) is 4.84. The van der Waals surface area contributed by atoms with E-state index in [-0.39, 0.29) is 24.6 Å². The van der Waals surface area contributed by atoms with Crippen molar-refractivity contribution in [3.8, 4) is 22.6 Å². The predicted molar refractivity (Wildman–Crippen MR) is 121 cm³/mol. The number of piperidine rings is 1. The van der Waals surface area contributed by atoms with Crippen LogP contribution in [-0.4, -0.2) is 69.3 Å². The summed E-state index contributed by atoms with van der Waals surface area (Å²) in [4.78, 5) is 6.78. The Morgan fingerprint density at radius 2 is 2.12 bits per heavy atom. The Hall–Kier alpha value is -3.14. The molecule has 0 spiro atoms. The topological polar surface area (TPSA) is 81.1 Å². The van der Waals surface area contributed by atoms with Crippen molar-refractivity contribution in [1.29, 1.82) is 0 Å². The predicted octanol–water partition coefficient (Wildman–Crippen LogP) is 3.42. The van der Waals surface area contributed by atoms with E-state index in [1.807, 2.05) is 29.1 Å². The molecule has 33 heavy (non-hydrogen) atoms. The second kappa shape index (κ2) is 8.33. The molecule has 1 aromatic carbocycles. The van der Waals surface area contributed by atoms with Gasteiger partial charge in [0.05, 0.1) is 49.4 Å². The number of aromatic nitrogens is 5. The van der Waals surface area contributed by atoms with Crippen molar-refractivity contribution in [1.82, 2.24) is 29.9 Å². The molecule has 5 heterocycles. The average Bonchev–Trinajstić information content (AvgIpc) is 3.45. The van der Waals surface area contributed by atoms with Gasteiger partial charge in [-0.25, -0.2) is 4.39 Å². The van der Waals surface area contributed by atoms with Crippen LogP contribution in [0.3, 0.4) is 0 Å². The maximum absolute atomic E-state index is 14.9. The summed E-state index contributed by atoms with van der Waals surface area (Å²) in [6, 6.07) is 9.01. The Balaban J connectivity index is 1.48. The fourth-order valence-corrected chi connectivity index (χ4v) is 4.84. The lowest BCUT2D eigenvalue weighted by atomic mass is 10.0. The van der Waals surface area contributed by atoms with Crippen molar-refractivity contribution in [2.24, 2.45) is 0 Å². The minimum absolute atomic E-state index is 0.00414. The molecule has 0 aliphatic carbocycles. The lowest BCUT2D eigenvalue weighted by Crippen LogP contribution is -2.44. The average molecular weight is 449 g/mol.